The number of rotatable bonds is 4. The zero-order valence-electron chi connectivity index (χ0n) is 16.0. The van der Waals surface area contributed by atoms with Crippen LogP contribution in [0.3, 0.4) is 0 Å². The Labute approximate surface area is 159 Å². The van der Waals surface area contributed by atoms with Gasteiger partial charge in [0.15, 0.2) is 6.10 Å². The number of carbonyl (C=O) groups is 2. The summed E-state index contributed by atoms with van der Waals surface area (Å²) in [5.74, 6) is -0.856. The fourth-order valence-corrected chi connectivity index (χ4v) is 3.28. The molecule has 0 saturated carbocycles. The normalized spacial score (nSPS) is 11.9. The molecule has 3 aromatic rings. The summed E-state index contributed by atoms with van der Waals surface area (Å²) in [6.45, 7) is 7.49. The van der Waals surface area contributed by atoms with E-state index in [2.05, 4.69) is 5.32 Å². The molecule has 1 N–H and O–H groups in total. The van der Waals surface area contributed by atoms with Gasteiger partial charge in [-0.3, -0.25) is 4.79 Å². The number of fused-ring (bicyclic) bond motifs is 1. The van der Waals surface area contributed by atoms with Gasteiger partial charge in [-0.15, -0.1) is 0 Å². The van der Waals surface area contributed by atoms with Crippen LogP contribution in [0.2, 0.25) is 0 Å². The van der Waals surface area contributed by atoms with Gasteiger partial charge >= 0.3 is 5.97 Å². The summed E-state index contributed by atoms with van der Waals surface area (Å²) < 4.78 is 5.43. The van der Waals surface area contributed by atoms with Crippen LogP contribution in [0.5, 0.6) is 0 Å². The molecule has 3 aromatic carbocycles. The zero-order valence-corrected chi connectivity index (χ0v) is 16.0. The first-order valence-corrected chi connectivity index (χ1v) is 8.94. The first kappa shape index (κ1) is 18.6. The highest BCUT2D eigenvalue weighted by Gasteiger charge is 2.21. The number of carbonyl (C=O) groups excluding carboxylic acids is 2. The summed E-state index contributed by atoms with van der Waals surface area (Å²) in [7, 11) is 0. The second-order valence-corrected chi connectivity index (χ2v) is 6.84. The van der Waals surface area contributed by atoms with Crippen molar-refractivity contribution in [1.29, 1.82) is 0 Å². The molecule has 138 valence electrons. The zero-order chi connectivity index (χ0) is 19.6. The number of aryl methyl sites for hydroxylation is 3. The van der Waals surface area contributed by atoms with Gasteiger partial charge in [0.2, 0.25) is 0 Å². The molecule has 3 rings (SSSR count). The van der Waals surface area contributed by atoms with E-state index >= 15 is 0 Å². The third kappa shape index (κ3) is 4.00. The molecule has 0 heterocycles. The molecule has 4 heteroatoms. The average molecular weight is 361 g/mol. The van der Waals surface area contributed by atoms with Crippen LogP contribution >= 0.6 is 0 Å². The van der Waals surface area contributed by atoms with Gasteiger partial charge in [-0.05, 0) is 55.7 Å². The Bertz CT molecular complexity index is 995. The van der Waals surface area contributed by atoms with Crippen molar-refractivity contribution in [2.75, 3.05) is 5.32 Å². The second kappa shape index (κ2) is 7.62. The lowest BCUT2D eigenvalue weighted by atomic mass is 10.0. The molecule has 27 heavy (non-hydrogen) atoms. The Hall–Kier alpha value is -3.14. The molecule has 1 amide bonds. The fourth-order valence-electron chi connectivity index (χ4n) is 3.28. The van der Waals surface area contributed by atoms with Crippen LogP contribution in [0, 0.1) is 20.8 Å². The van der Waals surface area contributed by atoms with E-state index in [9.17, 15) is 9.59 Å². The maximum Gasteiger partial charge on any atom is 0.339 e. The minimum absolute atomic E-state index is 0.348. The van der Waals surface area contributed by atoms with Gasteiger partial charge in [0, 0.05) is 5.69 Å². The first-order chi connectivity index (χ1) is 12.9. The molecule has 0 aromatic heterocycles. The van der Waals surface area contributed by atoms with Crippen molar-refractivity contribution in [2.45, 2.75) is 33.8 Å². The Morgan fingerprint density at radius 1 is 0.926 bits per heavy atom. The quantitative estimate of drug-likeness (QED) is 0.669. The van der Waals surface area contributed by atoms with Crippen molar-refractivity contribution < 1.29 is 14.3 Å². The Morgan fingerprint density at radius 3 is 2.26 bits per heavy atom. The lowest BCUT2D eigenvalue weighted by molar-refractivity contribution is -0.123. The van der Waals surface area contributed by atoms with Gasteiger partial charge in [0.25, 0.3) is 5.91 Å². The third-order valence-electron chi connectivity index (χ3n) is 4.59. The summed E-state index contributed by atoms with van der Waals surface area (Å²) in [4.78, 5) is 25.1. The first-order valence-electron chi connectivity index (χ1n) is 8.94. The monoisotopic (exact) mass is 361 g/mol. The van der Waals surface area contributed by atoms with Crippen molar-refractivity contribution in [3.05, 3.63) is 76.9 Å². The molecule has 0 aliphatic heterocycles. The SMILES string of the molecule is Cc1cc(C)c(NC(=O)[C@H](C)OC(=O)c2cccc3ccccc23)c(C)c1. The van der Waals surface area contributed by atoms with E-state index in [-0.39, 0.29) is 5.91 Å². The minimum atomic E-state index is -0.906. The Morgan fingerprint density at radius 2 is 1.56 bits per heavy atom. The minimum Gasteiger partial charge on any atom is -0.449 e. The van der Waals surface area contributed by atoms with Gasteiger partial charge in [-0.2, -0.15) is 0 Å². The predicted octanol–water partition coefficient (Wildman–Crippen LogP) is 4.95. The molecule has 0 unspecified atom stereocenters. The molecule has 0 saturated heterocycles. The van der Waals surface area contributed by atoms with E-state index < -0.39 is 12.1 Å². The van der Waals surface area contributed by atoms with E-state index in [0.717, 1.165) is 33.2 Å². The standard InChI is InChI=1S/C23H23NO3/c1-14-12-15(2)21(16(3)13-14)24-22(25)17(4)27-23(26)20-11-7-9-18-8-5-6-10-19(18)20/h5-13,17H,1-4H3,(H,24,25)/t17-/m0/s1. The second-order valence-electron chi connectivity index (χ2n) is 6.84. The predicted molar refractivity (Wildman–Crippen MR) is 108 cm³/mol. The molecule has 0 bridgehead atoms. The molecular formula is C23H23NO3. The van der Waals surface area contributed by atoms with Gasteiger partial charge in [-0.25, -0.2) is 4.79 Å². The third-order valence-corrected chi connectivity index (χ3v) is 4.59. The number of benzene rings is 3. The average Bonchev–Trinajstić information content (AvgIpc) is 2.63. The van der Waals surface area contributed by atoms with Gasteiger partial charge in [-0.1, -0.05) is 54.1 Å². The lowest BCUT2D eigenvalue weighted by Gasteiger charge is -2.17. The summed E-state index contributed by atoms with van der Waals surface area (Å²) >= 11 is 0. The van der Waals surface area contributed by atoms with Crippen LogP contribution in [0.4, 0.5) is 5.69 Å². The van der Waals surface area contributed by atoms with Crippen molar-refractivity contribution in [1.82, 2.24) is 0 Å². The number of anilines is 1. The highest BCUT2D eigenvalue weighted by molar-refractivity contribution is 6.05. The maximum absolute atomic E-state index is 12.6. The number of esters is 1. The number of ether oxygens (including phenoxy) is 1. The Kier molecular flexibility index (Phi) is 5.26. The smallest absolute Gasteiger partial charge is 0.339 e. The summed E-state index contributed by atoms with van der Waals surface area (Å²) in [6.07, 6.45) is -0.906. The topological polar surface area (TPSA) is 55.4 Å². The molecule has 4 nitrogen and oxygen atoms in total. The van der Waals surface area contributed by atoms with Crippen LogP contribution in [-0.2, 0) is 9.53 Å². The lowest BCUT2D eigenvalue weighted by Crippen LogP contribution is -2.30. The maximum atomic E-state index is 12.6. The number of nitrogens with one attached hydrogen (secondary N) is 1. The molecule has 0 spiro atoms. The Balaban J connectivity index is 1.76. The van der Waals surface area contributed by atoms with Crippen LogP contribution in [-0.4, -0.2) is 18.0 Å². The highest BCUT2D eigenvalue weighted by Crippen LogP contribution is 2.23. The van der Waals surface area contributed by atoms with E-state index in [1.54, 1.807) is 13.0 Å². The van der Waals surface area contributed by atoms with Crippen molar-refractivity contribution in [3.63, 3.8) is 0 Å². The molecular weight excluding hydrogens is 338 g/mol. The number of hydrogen-bond donors (Lipinski definition) is 1. The van der Waals surface area contributed by atoms with Crippen molar-refractivity contribution >= 4 is 28.3 Å². The van der Waals surface area contributed by atoms with E-state index in [0.29, 0.717) is 5.56 Å². The van der Waals surface area contributed by atoms with Crippen LogP contribution in [0.15, 0.2) is 54.6 Å². The van der Waals surface area contributed by atoms with E-state index in [1.165, 1.54) is 0 Å². The summed E-state index contributed by atoms with van der Waals surface area (Å²) in [5.41, 5.74) is 4.31. The largest absolute Gasteiger partial charge is 0.449 e. The van der Waals surface area contributed by atoms with E-state index in [1.807, 2.05) is 69.3 Å². The van der Waals surface area contributed by atoms with Crippen molar-refractivity contribution in [3.8, 4) is 0 Å². The molecule has 0 aliphatic rings. The van der Waals surface area contributed by atoms with Crippen LogP contribution in [0.1, 0.15) is 34.0 Å². The van der Waals surface area contributed by atoms with Crippen LogP contribution in [0.25, 0.3) is 10.8 Å². The molecule has 1 atom stereocenters. The molecule has 0 fully saturated rings. The van der Waals surface area contributed by atoms with Gasteiger partial charge in [0.05, 0.1) is 5.56 Å². The van der Waals surface area contributed by atoms with Crippen molar-refractivity contribution in [2.24, 2.45) is 0 Å². The summed E-state index contributed by atoms with van der Waals surface area (Å²) in [6, 6.07) is 17.1. The highest BCUT2D eigenvalue weighted by atomic mass is 16.5. The number of amides is 1. The fraction of sp³-hybridized carbons (Fsp3) is 0.217. The molecule has 0 radical (unpaired) electrons. The van der Waals surface area contributed by atoms with Crippen LogP contribution < -0.4 is 5.32 Å². The number of hydrogen-bond acceptors (Lipinski definition) is 3. The van der Waals surface area contributed by atoms with Gasteiger partial charge < -0.3 is 10.1 Å². The summed E-state index contributed by atoms with van der Waals surface area (Å²) in [5, 5.41) is 4.65. The van der Waals surface area contributed by atoms with Gasteiger partial charge in [0.1, 0.15) is 0 Å². The van der Waals surface area contributed by atoms with E-state index in [4.69, 9.17) is 4.74 Å². The molecule has 0 aliphatic carbocycles.